The molecule has 0 aliphatic carbocycles. The van der Waals surface area contributed by atoms with Gasteiger partial charge in [-0.1, -0.05) is 12.1 Å². The summed E-state index contributed by atoms with van der Waals surface area (Å²) in [7, 11) is 1.43. The van der Waals surface area contributed by atoms with Crippen LogP contribution in [-0.2, 0) is 0 Å². The van der Waals surface area contributed by atoms with E-state index in [1.165, 1.54) is 7.11 Å². The molecule has 0 radical (unpaired) electrons. The Bertz CT molecular complexity index is 574. The molecule has 0 saturated carbocycles. The number of hydrazine groups is 1. The van der Waals surface area contributed by atoms with Crippen molar-refractivity contribution < 1.29 is 9.13 Å². The average Bonchev–Trinajstić information content (AvgIpc) is 2.41. The smallest absolute Gasteiger partial charge is 0.170 e. The summed E-state index contributed by atoms with van der Waals surface area (Å²) >= 11 is 0. The summed E-state index contributed by atoms with van der Waals surface area (Å²) in [6.07, 6.45) is 1.67. The quantitative estimate of drug-likeness (QED) is 0.653. The van der Waals surface area contributed by atoms with Crippen LogP contribution in [0.25, 0.3) is 0 Å². The van der Waals surface area contributed by atoms with Crippen molar-refractivity contribution in [3.8, 4) is 5.75 Å². The zero-order valence-corrected chi connectivity index (χ0v) is 10.9. The summed E-state index contributed by atoms with van der Waals surface area (Å²) in [5.74, 6) is 5.30. The van der Waals surface area contributed by atoms with Gasteiger partial charge < -0.3 is 4.74 Å². The summed E-state index contributed by atoms with van der Waals surface area (Å²) < 4.78 is 19.2. The molecule has 1 aromatic carbocycles. The summed E-state index contributed by atoms with van der Waals surface area (Å²) in [6, 6.07) is 8.16. The van der Waals surface area contributed by atoms with Crippen molar-refractivity contribution in [2.24, 2.45) is 5.84 Å². The van der Waals surface area contributed by atoms with Crippen LogP contribution in [0.5, 0.6) is 5.75 Å². The fraction of sp³-hybridized carbons (Fsp3) is 0.214. The van der Waals surface area contributed by atoms with Crippen molar-refractivity contribution in [3.63, 3.8) is 0 Å². The molecule has 1 unspecified atom stereocenters. The first-order valence-electron chi connectivity index (χ1n) is 5.88. The van der Waals surface area contributed by atoms with Gasteiger partial charge in [-0.05, 0) is 30.7 Å². The van der Waals surface area contributed by atoms with Crippen LogP contribution in [0.3, 0.4) is 0 Å². The second-order valence-corrected chi connectivity index (χ2v) is 4.22. The predicted molar refractivity (Wildman–Crippen MR) is 71.1 cm³/mol. The first-order chi connectivity index (χ1) is 9.17. The third-order valence-electron chi connectivity index (χ3n) is 2.92. The van der Waals surface area contributed by atoms with E-state index in [1.807, 2.05) is 19.1 Å². The molecular weight excluding hydrogens is 245 g/mol. The topological polar surface area (TPSA) is 60.2 Å². The predicted octanol–water partition coefficient (Wildman–Crippen LogP) is 2.09. The first-order valence-corrected chi connectivity index (χ1v) is 5.88. The Morgan fingerprint density at radius 1 is 1.37 bits per heavy atom. The van der Waals surface area contributed by atoms with Crippen molar-refractivity contribution in [2.75, 3.05) is 7.11 Å². The van der Waals surface area contributed by atoms with Crippen LogP contribution in [0.2, 0.25) is 0 Å². The highest BCUT2D eigenvalue weighted by Crippen LogP contribution is 2.28. The molecule has 1 atom stereocenters. The van der Waals surface area contributed by atoms with Gasteiger partial charge >= 0.3 is 0 Å². The van der Waals surface area contributed by atoms with E-state index in [1.54, 1.807) is 24.4 Å². The van der Waals surface area contributed by atoms with Gasteiger partial charge in [0.25, 0.3) is 0 Å². The fourth-order valence-corrected chi connectivity index (χ4v) is 1.96. The second kappa shape index (κ2) is 5.77. The number of benzene rings is 1. The number of aryl methyl sites for hydroxylation is 1. The minimum Gasteiger partial charge on any atom is -0.494 e. The van der Waals surface area contributed by atoms with Crippen LogP contribution in [0, 0.1) is 12.7 Å². The van der Waals surface area contributed by atoms with Gasteiger partial charge in [0, 0.05) is 11.8 Å². The van der Waals surface area contributed by atoms with Crippen LogP contribution in [0.1, 0.15) is 22.9 Å². The summed E-state index contributed by atoms with van der Waals surface area (Å²) in [5, 5.41) is 0. The maximum atomic E-state index is 14.2. The van der Waals surface area contributed by atoms with Crippen molar-refractivity contribution in [1.82, 2.24) is 10.4 Å². The molecule has 0 aliphatic rings. The van der Waals surface area contributed by atoms with Crippen molar-refractivity contribution in [2.45, 2.75) is 13.0 Å². The standard InChI is InChI=1S/C14H16FN3O/c1-9-6-7-17-11(8-9)14(18-16)10-4-3-5-12(19-2)13(10)15/h3-8,14,18H,16H2,1-2H3. The minimum absolute atomic E-state index is 0.186. The summed E-state index contributed by atoms with van der Waals surface area (Å²) in [6.45, 7) is 1.95. The molecule has 19 heavy (non-hydrogen) atoms. The Kier molecular flexibility index (Phi) is 4.09. The number of aromatic nitrogens is 1. The third-order valence-corrected chi connectivity index (χ3v) is 2.92. The molecule has 100 valence electrons. The minimum atomic E-state index is -0.519. The zero-order chi connectivity index (χ0) is 13.8. The molecule has 2 rings (SSSR count). The van der Waals surface area contributed by atoms with E-state index in [2.05, 4.69) is 10.4 Å². The number of ether oxygens (including phenoxy) is 1. The number of hydrogen-bond acceptors (Lipinski definition) is 4. The van der Waals surface area contributed by atoms with Gasteiger partial charge in [0.15, 0.2) is 11.6 Å². The fourth-order valence-electron chi connectivity index (χ4n) is 1.96. The highest BCUT2D eigenvalue weighted by atomic mass is 19.1. The van der Waals surface area contributed by atoms with Crippen LogP contribution in [0.15, 0.2) is 36.5 Å². The molecule has 5 heteroatoms. The number of halogens is 1. The summed E-state index contributed by atoms with van der Waals surface area (Å²) in [4.78, 5) is 4.23. The van der Waals surface area contributed by atoms with E-state index in [9.17, 15) is 4.39 Å². The number of methoxy groups -OCH3 is 1. The Hall–Kier alpha value is -1.98. The van der Waals surface area contributed by atoms with E-state index >= 15 is 0 Å². The number of nitrogens with zero attached hydrogens (tertiary/aromatic N) is 1. The van der Waals surface area contributed by atoms with Gasteiger partial charge in [-0.3, -0.25) is 10.8 Å². The SMILES string of the molecule is COc1cccc(C(NN)c2cc(C)ccn2)c1F. The van der Waals surface area contributed by atoms with Gasteiger partial charge in [0.05, 0.1) is 18.8 Å². The molecule has 1 heterocycles. The Morgan fingerprint density at radius 2 is 2.16 bits per heavy atom. The Labute approximate surface area is 111 Å². The molecule has 1 aromatic heterocycles. The van der Waals surface area contributed by atoms with E-state index in [0.29, 0.717) is 11.3 Å². The molecule has 4 nitrogen and oxygen atoms in total. The molecular formula is C14H16FN3O. The highest BCUT2D eigenvalue weighted by molar-refractivity contribution is 5.37. The lowest BCUT2D eigenvalue weighted by Crippen LogP contribution is -2.30. The van der Waals surface area contributed by atoms with Gasteiger partial charge in [0.1, 0.15) is 0 Å². The first kappa shape index (κ1) is 13.5. The third kappa shape index (κ3) is 2.72. The number of hydrogen-bond donors (Lipinski definition) is 2. The molecule has 0 aliphatic heterocycles. The normalized spacial score (nSPS) is 12.2. The van der Waals surface area contributed by atoms with E-state index in [4.69, 9.17) is 10.6 Å². The van der Waals surface area contributed by atoms with Crippen LogP contribution in [0.4, 0.5) is 4.39 Å². The van der Waals surface area contributed by atoms with Gasteiger partial charge in [-0.2, -0.15) is 0 Å². The summed E-state index contributed by atoms with van der Waals surface area (Å²) in [5.41, 5.74) is 4.70. The molecule has 3 N–H and O–H groups in total. The molecule has 0 fully saturated rings. The van der Waals surface area contributed by atoms with E-state index < -0.39 is 11.9 Å². The average molecular weight is 261 g/mol. The molecule has 0 saturated heterocycles. The monoisotopic (exact) mass is 261 g/mol. The number of nitrogens with one attached hydrogen (secondary N) is 1. The lowest BCUT2D eigenvalue weighted by atomic mass is 10.0. The van der Waals surface area contributed by atoms with E-state index in [0.717, 1.165) is 5.56 Å². The molecule has 0 amide bonds. The molecule has 0 spiro atoms. The van der Waals surface area contributed by atoms with Crippen LogP contribution in [-0.4, -0.2) is 12.1 Å². The van der Waals surface area contributed by atoms with Gasteiger partial charge in [-0.25, -0.2) is 9.82 Å². The van der Waals surface area contributed by atoms with Gasteiger partial charge in [0.2, 0.25) is 0 Å². The van der Waals surface area contributed by atoms with Gasteiger partial charge in [-0.15, -0.1) is 0 Å². The Morgan fingerprint density at radius 3 is 2.79 bits per heavy atom. The molecule has 0 bridgehead atoms. The van der Waals surface area contributed by atoms with Crippen LogP contribution < -0.4 is 16.0 Å². The zero-order valence-electron chi connectivity index (χ0n) is 10.9. The van der Waals surface area contributed by atoms with Crippen molar-refractivity contribution in [1.29, 1.82) is 0 Å². The lowest BCUT2D eigenvalue weighted by molar-refractivity contribution is 0.381. The highest BCUT2D eigenvalue weighted by Gasteiger charge is 2.20. The number of rotatable bonds is 4. The number of pyridine rings is 1. The molecule has 2 aromatic rings. The Balaban J connectivity index is 2.48. The lowest BCUT2D eigenvalue weighted by Gasteiger charge is -2.18. The maximum Gasteiger partial charge on any atom is 0.170 e. The maximum absolute atomic E-state index is 14.2. The largest absolute Gasteiger partial charge is 0.494 e. The number of nitrogens with two attached hydrogens (primary N) is 1. The van der Waals surface area contributed by atoms with Crippen LogP contribution >= 0.6 is 0 Å². The van der Waals surface area contributed by atoms with E-state index in [-0.39, 0.29) is 5.75 Å². The second-order valence-electron chi connectivity index (χ2n) is 4.22. The van der Waals surface area contributed by atoms with Crippen molar-refractivity contribution >= 4 is 0 Å². The van der Waals surface area contributed by atoms with Crippen molar-refractivity contribution in [3.05, 3.63) is 59.2 Å².